The molecule has 2 aliphatic rings. The van der Waals surface area contributed by atoms with Crippen molar-refractivity contribution in [3.8, 4) is 0 Å². The van der Waals surface area contributed by atoms with Gasteiger partial charge in [0.25, 0.3) is 0 Å². The van der Waals surface area contributed by atoms with E-state index in [0.717, 1.165) is 25.7 Å². The van der Waals surface area contributed by atoms with E-state index in [2.05, 4.69) is 5.32 Å². The van der Waals surface area contributed by atoms with Crippen LogP contribution in [0.25, 0.3) is 0 Å². The quantitative estimate of drug-likeness (QED) is 0.898. The van der Waals surface area contributed by atoms with Crippen LogP contribution < -0.4 is 5.32 Å². The van der Waals surface area contributed by atoms with Gasteiger partial charge in [0.2, 0.25) is 5.91 Å². The van der Waals surface area contributed by atoms with Crippen LogP contribution in [-0.4, -0.2) is 23.7 Å². The number of aliphatic hydroxyl groups is 1. The summed E-state index contributed by atoms with van der Waals surface area (Å²) in [4.78, 5) is 12.3. The van der Waals surface area contributed by atoms with Crippen molar-refractivity contribution in [1.29, 1.82) is 0 Å². The van der Waals surface area contributed by atoms with Crippen molar-refractivity contribution >= 4 is 5.91 Å². The molecule has 120 valence electrons. The first-order valence-electron chi connectivity index (χ1n) is 7.97. The van der Waals surface area contributed by atoms with Gasteiger partial charge in [0.1, 0.15) is 11.6 Å². The highest BCUT2D eigenvalue weighted by Gasteiger charge is 2.47. The van der Waals surface area contributed by atoms with Crippen LogP contribution >= 0.6 is 0 Å². The van der Waals surface area contributed by atoms with Crippen molar-refractivity contribution < 1.29 is 18.7 Å². The first-order valence-corrected chi connectivity index (χ1v) is 7.97. The lowest BCUT2D eigenvalue weighted by atomic mass is 9.85. The molecule has 0 aliphatic heterocycles. The molecule has 0 heterocycles. The van der Waals surface area contributed by atoms with Crippen molar-refractivity contribution in [1.82, 2.24) is 5.32 Å². The minimum atomic E-state index is -0.578. The lowest BCUT2D eigenvalue weighted by Gasteiger charge is -2.31. The Morgan fingerprint density at radius 2 is 1.91 bits per heavy atom. The van der Waals surface area contributed by atoms with Gasteiger partial charge in [-0.15, -0.1) is 0 Å². The van der Waals surface area contributed by atoms with Gasteiger partial charge < -0.3 is 10.4 Å². The van der Waals surface area contributed by atoms with E-state index in [1.165, 1.54) is 18.2 Å². The molecule has 1 aromatic carbocycles. The van der Waals surface area contributed by atoms with E-state index in [1.54, 1.807) is 0 Å². The monoisotopic (exact) mass is 309 g/mol. The SMILES string of the molecule is O=C(NC1CCCCC1CO)C1CC1c1c(F)cccc1F. The summed E-state index contributed by atoms with van der Waals surface area (Å²) in [6.07, 6.45) is 4.38. The van der Waals surface area contributed by atoms with Crippen LogP contribution in [0.2, 0.25) is 0 Å². The van der Waals surface area contributed by atoms with E-state index < -0.39 is 11.6 Å². The van der Waals surface area contributed by atoms with Crippen LogP contribution in [0.4, 0.5) is 8.78 Å². The normalized spacial score (nSPS) is 30.9. The van der Waals surface area contributed by atoms with Gasteiger partial charge in [0.15, 0.2) is 0 Å². The summed E-state index contributed by atoms with van der Waals surface area (Å²) < 4.78 is 27.5. The summed E-state index contributed by atoms with van der Waals surface area (Å²) >= 11 is 0. The molecule has 1 aromatic rings. The molecule has 0 aromatic heterocycles. The van der Waals surface area contributed by atoms with Gasteiger partial charge in [-0.25, -0.2) is 8.78 Å². The largest absolute Gasteiger partial charge is 0.396 e. The molecule has 22 heavy (non-hydrogen) atoms. The maximum absolute atomic E-state index is 13.7. The van der Waals surface area contributed by atoms with Gasteiger partial charge in [0.05, 0.1) is 0 Å². The molecule has 5 heteroatoms. The zero-order valence-corrected chi connectivity index (χ0v) is 12.4. The number of benzene rings is 1. The maximum Gasteiger partial charge on any atom is 0.223 e. The zero-order chi connectivity index (χ0) is 15.7. The Morgan fingerprint density at radius 3 is 2.59 bits per heavy atom. The highest BCUT2D eigenvalue weighted by molar-refractivity contribution is 5.83. The van der Waals surface area contributed by atoms with Crippen molar-refractivity contribution in [2.24, 2.45) is 11.8 Å². The summed E-state index contributed by atoms with van der Waals surface area (Å²) in [6, 6.07) is 3.78. The molecule has 2 N–H and O–H groups in total. The van der Waals surface area contributed by atoms with Gasteiger partial charge in [-0.1, -0.05) is 18.9 Å². The fraction of sp³-hybridized carbons (Fsp3) is 0.588. The Morgan fingerprint density at radius 1 is 1.23 bits per heavy atom. The predicted molar refractivity (Wildman–Crippen MR) is 78.2 cm³/mol. The Kier molecular flexibility index (Phi) is 4.43. The summed E-state index contributed by atoms with van der Waals surface area (Å²) in [5, 5.41) is 12.4. The molecule has 3 rings (SSSR count). The second-order valence-electron chi connectivity index (χ2n) is 6.43. The topological polar surface area (TPSA) is 49.3 Å². The minimum absolute atomic E-state index is 0.0158. The van der Waals surface area contributed by atoms with Crippen LogP contribution in [0, 0.1) is 23.5 Å². The highest BCUT2D eigenvalue weighted by Crippen LogP contribution is 2.49. The first-order chi connectivity index (χ1) is 10.6. The molecular formula is C17H21F2NO2. The first kappa shape index (κ1) is 15.4. The summed E-state index contributed by atoms with van der Waals surface area (Å²) in [5.74, 6) is -1.92. The second-order valence-corrected chi connectivity index (χ2v) is 6.43. The standard InChI is InChI=1S/C17H21F2NO2/c18-13-5-3-6-14(19)16(13)11-8-12(11)17(22)20-15-7-2-1-4-10(15)9-21/h3,5-6,10-12,15,21H,1-2,4,7-9H2,(H,20,22). The van der Waals surface area contributed by atoms with Crippen LogP contribution in [0.1, 0.15) is 43.6 Å². The average molecular weight is 309 g/mol. The third-order valence-electron chi connectivity index (χ3n) is 4.97. The molecule has 0 radical (unpaired) electrons. The number of aliphatic hydroxyl groups excluding tert-OH is 1. The van der Waals surface area contributed by atoms with E-state index in [9.17, 15) is 18.7 Å². The fourth-order valence-corrected chi connectivity index (χ4v) is 3.57. The summed E-state index contributed by atoms with van der Waals surface area (Å²) in [5.41, 5.74) is 0.0324. The van der Waals surface area contributed by atoms with Crippen LogP contribution in [-0.2, 0) is 4.79 Å². The van der Waals surface area contributed by atoms with E-state index >= 15 is 0 Å². The smallest absolute Gasteiger partial charge is 0.223 e. The molecule has 2 fully saturated rings. The number of rotatable bonds is 4. The van der Waals surface area contributed by atoms with E-state index in [-0.39, 0.29) is 41.9 Å². The number of amides is 1. The Balaban J connectivity index is 1.63. The van der Waals surface area contributed by atoms with Gasteiger partial charge in [-0.3, -0.25) is 4.79 Å². The Bertz CT molecular complexity index is 543. The van der Waals surface area contributed by atoms with Crippen molar-refractivity contribution in [3.63, 3.8) is 0 Å². The Labute approximate surface area is 128 Å². The maximum atomic E-state index is 13.7. The number of carbonyl (C=O) groups excluding carboxylic acids is 1. The summed E-state index contributed by atoms with van der Waals surface area (Å²) in [7, 11) is 0. The third kappa shape index (κ3) is 3.00. The van der Waals surface area contributed by atoms with Crippen LogP contribution in [0.15, 0.2) is 18.2 Å². The molecule has 2 aliphatic carbocycles. The lowest BCUT2D eigenvalue weighted by molar-refractivity contribution is -0.123. The molecule has 0 bridgehead atoms. The molecule has 3 nitrogen and oxygen atoms in total. The zero-order valence-electron chi connectivity index (χ0n) is 12.4. The molecule has 0 saturated heterocycles. The van der Waals surface area contributed by atoms with Gasteiger partial charge in [0, 0.05) is 36.0 Å². The van der Waals surface area contributed by atoms with E-state index in [0.29, 0.717) is 6.42 Å². The number of hydrogen-bond donors (Lipinski definition) is 2. The second kappa shape index (κ2) is 6.32. The molecule has 0 spiro atoms. The molecule has 4 atom stereocenters. The minimum Gasteiger partial charge on any atom is -0.396 e. The van der Waals surface area contributed by atoms with Crippen molar-refractivity contribution in [2.75, 3.05) is 6.61 Å². The van der Waals surface area contributed by atoms with Gasteiger partial charge >= 0.3 is 0 Å². The van der Waals surface area contributed by atoms with E-state index in [1.807, 2.05) is 0 Å². The van der Waals surface area contributed by atoms with E-state index in [4.69, 9.17) is 0 Å². The predicted octanol–water partition coefficient (Wildman–Crippen LogP) is 2.74. The average Bonchev–Trinajstić information content (AvgIpc) is 3.28. The number of nitrogens with one attached hydrogen (secondary N) is 1. The van der Waals surface area contributed by atoms with Crippen LogP contribution in [0.3, 0.4) is 0 Å². The number of hydrogen-bond acceptors (Lipinski definition) is 2. The number of carbonyl (C=O) groups is 1. The van der Waals surface area contributed by atoms with Gasteiger partial charge in [-0.2, -0.15) is 0 Å². The third-order valence-corrected chi connectivity index (χ3v) is 4.97. The summed E-state index contributed by atoms with van der Waals surface area (Å²) in [6.45, 7) is 0.0704. The fourth-order valence-electron chi connectivity index (χ4n) is 3.57. The highest BCUT2D eigenvalue weighted by atomic mass is 19.1. The number of halogens is 2. The molecule has 2 saturated carbocycles. The van der Waals surface area contributed by atoms with Crippen molar-refractivity contribution in [2.45, 2.75) is 44.1 Å². The molecule has 4 unspecified atom stereocenters. The van der Waals surface area contributed by atoms with Crippen molar-refractivity contribution in [3.05, 3.63) is 35.4 Å². The molecular weight excluding hydrogens is 288 g/mol. The Hall–Kier alpha value is -1.49. The van der Waals surface area contributed by atoms with Crippen LogP contribution in [0.5, 0.6) is 0 Å². The molecule has 1 amide bonds. The lowest BCUT2D eigenvalue weighted by Crippen LogP contribution is -2.44. The van der Waals surface area contributed by atoms with Gasteiger partial charge in [-0.05, 0) is 31.4 Å².